The summed E-state index contributed by atoms with van der Waals surface area (Å²) in [6.45, 7) is 8.54. The van der Waals surface area contributed by atoms with Gasteiger partial charge in [-0.1, -0.05) is 32.4 Å². The van der Waals surface area contributed by atoms with Crippen molar-refractivity contribution in [1.29, 1.82) is 0 Å². The van der Waals surface area contributed by atoms with Gasteiger partial charge in [-0.05, 0) is 30.0 Å². The van der Waals surface area contributed by atoms with Crippen LogP contribution in [0.5, 0.6) is 0 Å². The monoisotopic (exact) mass is 374 g/mol. The molecule has 0 spiro atoms. The number of fused-ring (bicyclic) bond motifs is 1. The van der Waals surface area contributed by atoms with Crippen molar-refractivity contribution in [1.82, 2.24) is 19.7 Å². The third kappa shape index (κ3) is 3.14. The lowest BCUT2D eigenvalue weighted by atomic mass is 9.86. The molecule has 26 heavy (non-hydrogen) atoms. The Morgan fingerprint density at radius 3 is 2.65 bits per heavy atom. The summed E-state index contributed by atoms with van der Waals surface area (Å²) in [5, 5.41) is 12.3. The molecular formula is C18H23ClN6O. The number of carbonyl (C=O) groups is 1. The SMILES string of the molecule is Cc1nc(CNc2n[nH]c3cc(Cl)c(C(C)(C)C)cc23)n(C)c1C(N)=O. The fraction of sp³-hybridized carbons (Fsp3) is 0.389. The largest absolute Gasteiger partial charge is 0.364 e. The van der Waals surface area contributed by atoms with E-state index in [1.54, 1.807) is 18.5 Å². The molecule has 138 valence electrons. The highest BCUT2D eigenvalue weighted by Gasteiger charge is 2.20. The average molecular weight is 375 g/mol. The average Bonchev–Trinajstić information content (AvgIpc) is 3.03. The lowest BCUT2D eigenvalue weighted by Crippen LogP contribution is -2.18. The molecule has 0 saturated carbocycles. The predicted molar refractivity (Wildman–Crippen MR) is 104 cm³/mol. The first-order valence-electron chi connectivity index (χ1n) is 8.33. The molecule has 1 aromatic carbocycles. The van der Waals surface area contributed by atoms with Crippen molar-refractivity contribution in [2.45, 2.75) is 39.7 Å². The second-order valence-corrected chi connectivity index (χ2v) is 7.85. The van der Waals surface area contributed by atoms with Crippen LogP contribution in [-0.2, 0) is 19.0 Å². The first-order chi connectivity index (χ1) is 12.1. The number of carbonyl (C=O) groups excluding carboxylic acids is 1. The zero-order valence-electron chi connectivity index (χ0n) is 15.6. The molecule has 0 bridgehead atoms. The quantitative estimate of drug-likeness (QED) is 0.652. The predicted octanol–water partition coefficient (Wildman–Crippen LogP) is 3.27. The van der Waals surface area contributed by atoms with Crippen LogP contribution in [0.3, 0.4) is 0 Å². The number of benzene rings is 1. The molecule has 2 heterocycles. The van der Waals surface area contributed by atoms with Crippen LogP contribution in [0.1, 0.15) is 48.3 Å². The maximum atomic E-state index is 11.5. The number of nitrogens with one attached hydrogen (secondary N) is 2. The Labute approximate surface area is 156 Å². The Morgan fingerprint density at radius 2 is 2.08 bits per heavy atom. The molecule has 0 fully saturated rings. The number of primary amides is 1. The number of nitrogens with zero attached hydrogens (tertiary/aromatic N) is 3. The summed E-state index contributed by atoms with van der Waals surface area (Å²) in [7, 11) is 1.78. The minimum Gasteiger partial charge on any atom is -0.364 e. The van der Waals surface area contributed by atoms with Crippen molar-refractivity contribution in [3.8, 4) is 0 Å². The van der Waals surface area contributed by atoms with E-state index >= 15 is 0 Å². The third-order valence-corrected chi connectivity index (χ3v) is 4.78. The second kappa shape index (κ2) is 6.32. The van der Waals surface area contributed by atoms with Gasteiger partial charge in [0.25, 0.3) is 5.91 Å². The standard InChI is InChI=1S/C18H23ClN6O/c1-9-15(16(20)26)25(5)14(22-9)8-21-17-10-6-11(18(2,3)4)12(19)7-13(10)23-24-17/h6-7H,8H2,1-5H3,(H2,20,26)(H2,21,23,24). The lowest BCUT2D eigenvalue weighted by Gasteiger charge is -2.20. The number of hydrogen-bond acceptors (Lipinski definition) is 4. The second-order valence-electron chi connectivity index (χ2n) is 7.44. The van der Waals surface area contributed by atoms with Gasteiger partial charge in [-0.25, -0.2) is 4.98 Å². The number of rotatable bonds is 4. The van der Waals surface area contributed by atoms with Gasteiger partial charge in [0, 0.05) is 17.5 Å². The summed E-state index contributed by atoms with van der Waals surface area (Å²) >= 11 is 6.42. The first kappa shape index (κ1) is 18.3. The van der Waals surface area contributed by atoms with Crippen molar-refractivity contribution >= 4 is 34.2 Å². The highest BCUT2D eigenvalue weighted by atomic mass is 35.5. The Balaban J connectivity index is 1.93. The van der Waals surface area contributed by atoms with Gasteiger partial charge in [0.1, 0.15) is 11.5 Å². The summed E-state index contributed by atoms with van der Waals surface area (Å²) < 4.78 is 1.71. The molecule has 3 aromatic rings. The Kier molecular flexibility index (Phi) is 4.44. The lowest BCUT2D eigenvalue weighted by molar-refractivity contribution is 0.0991. The van der Waals surface area contributed by atoms with Crippen LogP contribution in [0.4, 0.5) is 5.82 Å². The maximum Gasteiger partial charge on any atom is 0.267 e. The van der Waals surface area contributed by atoms with E-state index in [0.717, 1.165) is 16.5 Å². The van der Waals surface area contributed by atoms with Crippen molar-refractivity contribution in [3.63, 3.8) is 0 Å². The van der Waals surface area contributed by atoms with Gasteiger partial charge >= 0.3 is 0 Å². The fourth-order valence-electron chi connectivity index (χ4n) is 3.11. The Hall–Kier alpha value is -2.54. The number of aryl methyl sites for hydroxylation is 1. The summed E-state index contributed by atoms with van der Waals surface area (Å²) in [6.07, 6.45) is 0. The van der Waals surface area contributed by atoms with Crippen molar-refractivity contribution in [3.05, 3.63) is 39.9 Å². The molecule has 4 N–H and O–H groups in total. The van der Waals surface area contributed by atoms with Crippen molar-refractivity contribution in [2.24, 2.45) is 12.8 Å². The van der Waals surface area contributed by atoms with E-state index in [1.165, 1.54) is 0 Å². The Bertz CT molecular complexity index is 995. The van der Waals surface area contributed by atoms with Gasteiger partial charge < -0.3 is 15.6 Å². The van der Waals surface area contributed by atoms with Crippen LogP contribution in [0, 0.1) is 6.92 Å². The zero-order valence-corrected chi connectivity index (χ0v) is 16.3. The van der Waals surface area contributed by atoms with Crippen LogP contribution in [0.25, 0.3) is 10.9 Å². The normalized spacial score (nSPS) is 11.9. The topological polar surface area (TPSA) is 102 Å². The van der Waals surface area contributed by atoms with E-state index in [1.807, 2.05) is 6.07 Å². The van der Waals surface area contributed by atoms with E-state index in [2.05, 4.69) is 47.3 Å². The van der Waals surface area contributed by atoms with E-state index < -0.39 is 5.91 Å². The number of amides is 1. The molecule has 0 saturated heterocycles. The van der Waals surface area contributed by atoms with E-state index in [4.69, 9.17) is 17.3 Å². The molecule has 7 nitrogen and oxygen atoms in total. The van der Waals surface area contributed by atoms with Crippen LogP contribution < -0.4 is 11.1 Å². The molecule has 1 amide bonds. The van der Waals surface area contributed by atoms with Gasteiger partial charge in [-0.2, -0.15) is 5.10 Å². The van der Waals surface area contributed by atoms with Gasteiger partial charge in [0.15, 0.2) is 5.82 Å². The number of nitrogens with two attached hydrogens (primary N) is 1. The van der Waals surface area contributed by atoms with E-state index in [9.17, 15) is 4.79 Å². The van der Waals surface area contributed by atoms with Crippen molar-refractivity contribution in [2.75, 3.05) is 5.32 Å². The third-order valence-electron chi connectivity index (χ3n) is 4.47. The van der Waals surface area contributed by atoms with E-state index in [-0.39, 0.29) is 5.41 Å². The summed E-state index contributed by atoms with van der Waals surface area (Å²) in [5.41, 5.74) is 8.28. The first-order valence-corrected chi connectivity index (χ1v) is 8.71. The molecule has 2 aromatic heterocycles. The maximum absolute atomic E-state index is 11.5. The molecule has 3 rings (SSSR count). The van der Waals surface area contributed by atoms with Crippen molar-refractivity contribution < 1.29 is 4.79 Å². The summed E-state index contributed by atoms with van der Waals surface area (Å²) in [6, 6.07) is 3.95. The molecule has 0 radical (unpaired) electrons. The molecule has 0 atom stereocenters. The number of imidazole rings is 1. The number of aromatic amines is 1. The summed E-state index contributed by atoms with van der Waals surface area (Å²) in [5.74, 6) is 0.930. The number of H-pyrrole nitrogens is 1. The fourth-order valence-corrected chi connectivity index (χ4v) is 3.55. The molecule has 0 aliphatic heterocycles. The number of anilines is 1. The highest BCUT2D eigenvalue weighted by Crippen LogP contribution is 2.34. The number of halogens is 1. The number of hydrogen-bond donors (Lipinski definition) is 3. The van der Waals surface area contributed by atoms with Crippen LogP contribution in [-0.4, -0.2) is 25.7 Å². The smallest absolute Gasteiger partial charge is 0.267 e. The van der Waals surface area contributed by atoms with E-state index in [0.29, 0.717) is 34.6 Å². The highest BCUT2D eigenvalue weighted by molar-refractivity contribution is 6.32. The van der Waals surface area contributed by atoms with Gasteiger partial charge in [0.05, 0.1) is 17.8 Å². The summed E-state index contributed by atoms with van der Waals surface area (Å²) in [4.78, 5) is 16.0. The molecule has 8 heteroatoms. The number of aromatic nitrogens is 4. The molecule has 0 unspecified atom stereocenters. The van der Waals surface area contributed by atoms with Crippen LogP contribution in [0.2, 0.25) is 5.02 Å². The van der Waals surface area contributed by atoms with Crippen LogP contribution >= 0.6 is 11.6 Å². The molecule has 0 aliphatic carbocycles. The van der Waals surface area contributed by atoms with Crippen LogP contribution in [0.15, 0.2) is 12.1 Å². The minimum absolute atomic E-state index is 0.0764. The van der Waals surface area contributed by atoms with Gasteiger partial charge in [0.2, 0.25) is 0 Å². The minimum atomic E-state index is -0.488. The molecule has 0 aliphatic rings. The Morgan fingerprint density at radius 1 is 1.38 bits per heavy atom. The zero-order chi connectivity index (χ0) is 19.2. The van der Waals surface area contributed by atoms with Gasteiger partial charge in [-0.3, -0.25) is 9.89 Å². The molecular weight excluding hydrogens is 352 g/mol. The van der Waals surface area contributed by atoms with Gasteiger partial charge in [-0.15, -0.1) is 0 Å².